The number of aryl methyl sites for hydroxylation is 1. The van der Waals surface area contributed by atoms with E-state index in [0.29, 0.717) is 17.2 Å². The van der Waals surface area contributed by atoms with Crippen molar-refractivity contribution in [2.45, 2.75) is 25.3 Å². The third-order valence-electron chi connectivity index (χ3n) is 4.98. The largest absolute Gasteiger partial charge is 0.494 e. The van der Waals surface area contributed by atoms with E-state index in [4.69, 9.17) is 9.72 Å². The number of amides is 1. The molecule has 4 aromatic rings. The second kappa shape index (κ2) is 9.54. The third-order valence-corrected chi connectivity index (χ3v) is 7.09. The molecule has 0 radical (unpaired) electrons. The van der Waals surface area contributed by atoms with Gasteiger partial charge in [0.25, 0.3) is 5.91 Å². The van der Waals surface area contributed by atoms with Crippen LogP contribution in [0.4, 0.5) is 5.13 Å². The number of methoxy groups -OCH3 is 1. The molecule has 0 N–H and O–H groups in total. The van der Waals surface area contributed by atoms with Crippen molar-refractivity contribution >= 4 is 44.4 Å². The monoisotopic (exact) mass is 448 g/mol. The average Bonchev–Trinajstić information content (AvgIpc) is 3.25. The first-order valence-electron chi connectivity index (χ1n) is 10.1. The molecule has 31 heavy (non-hydrogen) atoms. The molecule has 0 spiro atoms. The maximum Gasteiger partial charge on any atom is 0.260 e. The fraction of sp³-hybridized carbons (Fsp3) is 0.200. The number of hydrogen-bond donors (Lipinski definition) is 0. The van der Waals surface area contributed by atoms with E-state index in [9.17, 15) is 4.79 Å². The molecule has 0 saturated carbocycles. The van der Waals surface area contributed by atoms with Crippen LogP contribution < -0.4 is 9.64 Å². The predicted octanol–water partition coefficient (Wildman–Crippen LogP) is 6.57. The Kier molecular flexibility index (Phi) is 6.59. The number of thiazole rings is 1. The van der Waals surface area contributed by atoms with Gasteiger partial charge < -0.3 is 4.74 Å². The molecule has 158 valence electrons. The second-order valence-corrected chi connectivity index (χ2v) is 9.41. The van der Waals surface area contributed by atoms with Gasteiger partial charge >= 0.3 is 0 Å². The molecule has 0 saturated heterocycles. The number of aromatic nitrogens is 1. The van der Waals surface area contributed by atoms with Gasteiger partial charge in [-0.05, 0) is 54.1 Å². The van der Waals surface area contributed by atoms with E-state index in [1.54, 1.807) is 23.8 Å². The molecule has 1 amide bonds. The smallest absolute Gasteiger partial charge is 0.260 e. The molecular weight excluding hydrogens is 424 g/mol. The summed E-state index contributed by atoms with van der Waals surface area (Å²) >= 11 is 3.29. The summed E-state index contributed by atoms with van der Waals surface area (Å²) in [5.41, 5.74) is 3.62. The van der Waals surface area contributed by atoms with Gasteiger partial charge in [0, 0.05) is 10.5 Å². The van der Waals surface area contributed by atoms with Crippen LogP contribution in [0.25, 0.3) is 10.2 Å². The van der Waals surface area contributed by atoms with Crippen LogP contribution in [0.5, 0.6) is 5.75 Å². The maximum absolute atomic E-state index is 13.6. The molecule has 0 bridgehead atoms. The summed E-state index contributed by atoms with van der Waals surface area (Å²) in [6, 6.07) is 21.8. The summed E-state index contributed by atoms with van der Waals surface area (Å²) in [6.07, 6.45) is 0. The normalized spacial score (nSPS) is 10.9. The van der Waals surface area contributed by atoms with Crippen molar-refractivity contribution in [1.29, 1.82) is 0 Å². The van der Waals surface area contributed by atoms with Crippen molar-refractivity contribution in [3.05, 3.63) is 83.4 Å². The number of rotatable bonds is 7. The standard InChI is InChI=1S/C25H24N2O2S2/c1-4-30-20-13-11-19(12-14-20)24(28)27(16-18-8-6-5-7-9-18)25-26-22-21(29-3)15-10-17(2)23(22)31-25/h5-15H,4,16H2,1-3H3. The molecule has 3 aromatic carbocycles. The Balaban J connectivity index is 1.76. The van der Waals surface area contributed by atoms with Crippen LogP contribution in [-0.4, -0.2) is 23.8 Å². The Morgan fingerprint density at radius 2 is 1.81 bits per heavy atom. The lowest BCUT2D eigenvalue weighted by Gasteiger charge is -2.20. The lowest BCUT2D eigenvalue weighted by atomic mass is 10.1. The first-order chi connectivity index (χ1) is 15.1. The summed E-state index contributed by atoms with van der Waals surface area (Å²) < 4.78 is 6.55. The molecule has 0 unspecified atom stereocenters. The second-order valence-electron chi connectivity index (χ2n) is 7.09. The third kappa shape index (κ3) is 4.60. The van der Waals surface area contributed by atoms with Crippen LogP contribution in [0, 0.1) is 6.92 Å². The van der Waals surface area contributed by atoms with E-state index in [0.717, 1.165) is 37.7 Å². The highest BCUT2D eigenvalue weighted by Gasteiger charge is 2.23. The quantitative estimate of drug-likeness (QED) is 0.300. The molecule has 0 aliphatic heterocycles. The summed E-state index contributed by atoms with van der Waals surface area (Å²) in [7, 11) is 1.64. The molecule has 1 heterocycles. The van der Waals surface area contributed by atoms with Gasteiger partial charge in [0.2, 0.25) is 0 Å². The number of thioether (sulfide) groups is 1. The number of ether oxygens (including phenoxy) is 1. The van der Waals surface area contributed by atoms with E-state index in [1.165, 1.54) is 11.3 Å². The fourth-order valence-electron chi connectivity index (χ4n) is 3.39. The average molecular weight is 449 g/mol. The fourth-order valence-corrected chi connectivity index (χ4v) is 5.10. The minimum atomic E-state index is -0.0624. The highest BCUT2D eigenvalue weighted by molar-refractivity contribution is 7.99. The summed E-state index contributed by atoms with van der Waals surface area (Å²) in [4.78, 5) is 21.3. The van der Waals surface area contributed by atoms with Crippen LogP contribution in [0.2, 0.25) is 0 Å². The number of anilines is 1. The Labute approximate surface area is 190 Å². The van der Waals surface area contributed by atoms with Gasteiger partial charge in [-0.25, -0.2) is 4.98 Å². The van der Waals surface area contributed by atoms with Crippen molar-refractivity contribution in [3.63, 3.8) is 0 Å². The van der Waals surface area contributed by atoms with Crippen molar-refractivity contribution in [2.24, 2.45) is 0 Å². The molecule has 6 heteroatoms. The Morgan fingerprint density at radius 1 is 1.06 bits per heavy atom. The maximum atomic E-state index is 13.6. The van der Waals surface area contributed by atoms with E-state index in [-0.39, 0.29) is 5.91 Å². The summed E-state index contributed by atoms with van der Waals surface area (Å²) in [5, 5.41) is 0.670. The Hall–Kier alpha value is -2.83. The van der Waals surface area contributed by atoms with Crippen molar-refractivity contribution in [2.75, 3.05) is 17.8 Å². The van der Waals surface area contributed by atoms with Crippen LogP contribution >= 0.6 is 23.1 Å². The van der Waals surface area contributed by atoms with Gasteiger partial charge in [-0.3, -0.25) is 9.69 Å². The zero-order valence-corrected chi connectivity index (χ0v) is 19.4. The van der Waals surface area contributed by atoms with Crippen LogP contribution in [0.3, 0.4) is 0 Å². The van der Waals surface area contributed by atoms with Crippen LogP contribution in [0.1, 0.15) is 28.4 Å². The van der Waals surface area contributed by atoms with E-state index in [1.807, 2.05) is 66.7 Å². The molecule has 0 atom stereocenters. The SMILES string of the molecule is CCSc1ccc(C(=O)N(Cc2ccccc2)c2nc3c(OC)ccc(C)c3s2)cc1. The van der Waals surface area contributed by atoms with E-state index >= 15 is 0 Å². The molecule has 0 aliphatic carbocycles. The minimum absolute atomic E-state index is 0.0624. The minimum Gasteiger partial charge on any atom is -0.494 e. The zero-order valence-electron chi connectivity index (χ0n) is 17.8. The van der Waals surface area contributed by atoms with Crippen molar-refractivity contribution in [1.82, 2.24) is 4.98 Å². The highest BCUT2D eigenvalue weighted by Crippen LogP contribution is 2.37. The number of hydrogen-bond acceptors (Lipinski definition) is 5. The van der Waals surface area contributed by atoms with Gasteiger partial charge in [0.05, 0.1) is 18.4 Å². The lowest BCUT2D eigenvalue weighted by Crippen LogP contribution is -2.30. The summed E-state index contributed by atoms with van der Waals surface area (Å²) in [5.74, 6) is 1.66. The van der Waals surface area contributed by atoms with Gasteiger partial charge in [-0.15, -0.1) is 11.8 Å². The molecule has 1 aromatic heterocycles. The van der Waals surface area contributed by atoms with Crippen LogP contribution in [-0.2, 0) is 6.54 Å². The Morgan fingerprint density at radius 3 is 2.48 bits per heavy atom. The predicted molar refractivity (Wildman–Crippen MR) is 131 cm³/mol. The van der Waals surface area contributed by atoms with Gasteiger partial charge in [-0.1, -0.05) is 54.7 Å². The first kappa shape index (κ1) is 21.4. The van der Waals surface area contributed by atoms with Gasteiger partial charge in [-0.2, -0.15) is 0 Å². The van der Waals surface area contributed by atoms with E-state index < -0.39 is 0 Å². The van der Waals surface area contributed by atoms with Crippen LogP contribution in [0.15, 0.2) is 71.6 Å². The van der Waals surface area contributed by atoms with Crippen molar-refractivity contribution < 1.29 is 9.53 Å². The number of carbonyl (C=O) groups excluding carboxylic acids is 1. The molecule has 0 aliphatic rings. The molecule has 4 nitrogen and oxygen atoms in total. The molecule has 4 rings (SSSR count). The highest BCUT2D eigenvalue weighted by atomic mass is 32.2. The van der Waals surface area contributed by atoms with E-state index in [2.05, 4.69) is 13.8 Å². The number of benzene rings is 3. The summed E-state index contributed by atoms with van der Waals surface area (Å²) in [6.45, 7) is 4.62. The topological polar surface area (TPSA) is 42.4 Å². The number of nitrogens with zero attached hydrogens (tertiary/aromatic N) is 2. The van der Waals surface area contributed by atoms with Crippen molar-refractivity contribution in [3.8, 4) is 5.75 Å². The van der Waals surface area contributed by atoms with Gasteiger partial charge in [0.15, 0.2) is 5.13 Å². The lowest BCUT2D eigenvalue weighted by molar-refractivity contribution is 0.0985. The number of carbonyl (C=O) groups is 1. The zero-order chi connectivity index (χ0) is 21.8. The Bertz CT molecular complexity index is 1190. The molecule has 0 fully saturated rings. The van der Waals surface area contributed by atoms with Gasteiger partial charge in [0.1, 0.15) is 11.3 Å². The first-order valence-corrected chi connectivity index (χ1v) is 11.9. The number of fused-ring (bicyclic) bond motifs is 1. The molecular formula is C25H24N2O2S2.